The number of esters is 1. The Morgan fingerprint density at radius 2 is 2.04 bits per heavy atom. The first-order valence-corrected chi connectivity index (χ1v) is 8.05. The van der Waals surface area contributed by atoms with Crippen LogP contribution in [0.2, 0.25) is 5.15 Å². The van der Waals surface area contributed by atoms with E-state index in [-0.39, 0.29) is 23.1 Å². The lowest BCUT2D eigenvalue weighted by Crippen LogP contribution is -2.30. The summed E-state index contributed by atoms with van der Waals surface area (Å²) in [5.41, 5.74) is 0.763. The van der Waals surface area contributed by atoms with Gasteiger partial charge in [-0.25, -0.2) is 0 Å². The number of hydrogen-bond acceptors (Lipinski definition) is 8. The van der Waals surface area contributed by atoms with Gasteiger partial charge in [-0.15, -0.1) is 10.2 Å². The zero-order valence-electron chi connectivity index (χ0n) is 14.5. The lowest BCUT2D eigenvalue weighted by molar-refractivity contribution is -0.384. The molecule has 0 aliphatic carbocycles. The van der Waals surface area contributed by atoms with Crippen molar-refractivity contribution in [3.8, 4) is 0 Å². The van der Waals surface area contributed by atoms with Crippen LogP contribution in [0.3, 0.4) is 0 Å². The van der Waals surface area contributed by atoms with E-state index in [4.69, 9.17) is 16.3 Å². The first-order valence-electron chi connectivity index (χ1n) is 7.67. The highest BCUT2D eigenvalue weighted by Crippen LogP contribution is 2.21. The van der Waals surface area contributed by atoms with Crippen LogP contribution in [0.25, 0.3) is 0 Å². The molecule has 0 radical (unpaired) electrons. The van der Waals surface area contributed by atoms with Crippen molar-refractivity contribution < 1.29 is 19.2 Å². The number of nitro groups is 1. The van der Waals surface area contributed by atoms with Crippen LogP contribution in [0.4, 0.5) is 17.2 Å². The number of amides is 1. The molecule has 0 fully saturated rings. The summed E-state index contributed by atoms with van der Waals surface area (Å²) in [7, 11) is 1.60. The minimum Gasteiger partial charge on any atom is -0.454 e. The molecule has 0 saturated carbocycles. The molecule has 0 bridgehead atoms. The summed E-state index contributed by atoms with van der Waals surface area (Å²) in [6.45, 7) is 1.01. The van der Waals surface area contributed by atoms with Crippen molar-refractivity contribution in [2.24, 2.45) is 0 Å². The van der Waals surface area contributed by atoms with Crippen molar-refractivity contribution in [1.82, 2.24) is 10.2 Å². The smallest absolute Gasteiger partial charge is 0.326 e. The topological polar surface area (TPSA) is 128 Å². The van der Waals surface area contributed by atoms with Crippen LogP contribution in [-0.2, 0) is 14.3 Å². The summed E-state index contributed by atoms with van der Waals surface area (Å²) in [4.78, 5) is 35.5. The second-order valence-corrected chi connectivity index (χ2v) is 5.92. The number of aryl methyl sites for hydroxylation is 1. The van der Waals surface area contributed by atoms with E-state index < -0.39 is 23.4 Å². The average molecular weight is 394 g/mol. The minimum atomic E-state index is -0.653. The van der Waals surface area contributed by atoms with Gasteiger partial charge in [0.15, 0.2) is 17.6 Å². The molecule has 1 aromatic carbocycles. The minimum absolute atomic E-state index is 0.153. The van der Waals surface area contributed by atoms with Gasteiger partial charge in [-0.2, -0.15) is 0 Å². The van der Waals surface area contributed by atoms with E-state index in [1.165, 1.54) is 29.2 Å². The number of non-ortho nitro benzene ring substituents is 1. The monoisotopic (exact) mass is 393 g/mol. The third-order valence-electron chi connectivity index (χ3n) is 3.45. The molecule has 0 aliphatic heterocycles. The molecule has 11 heteroatoms. The third-order valence-corrected chi connectivity index (χ3v) is 3.65. The number of ether oxygens (including phenoxy) is 1. The molecule has 0 spiro atoms. The lowest BCUT2D eigenvalue weighted by atomic mass is 10.2. The number of hydrogen-bond donors (Lipinski definition) is 1. The number of likely N-dealkylation sites (N-methyl/N-ethyl adjacent to an activating group) is 1. The molecule has 2 rings (SSSR count). The van der Waals surface area contributed by atoms with Gasteiger partial charge in [0.2, 0.25) is 0 Å². The van der Waals surface area contributed by atoms with Crippen LogP contribution in [-0.4, -0.2) is 47.2 Å². The molecule has 1 aromatic heterocycles. The van der Waals surface area contributed by atoms with Gasteiger partial charge >= 0.3 is 5.97 Å². The fourth-order valence-electron chi connectivity index (χ4n) is 2.02. The van der Waals surface area contributed by atoms with Gasteiger partial charge in [-0.3, -0.25) is 19.7 Å². The number of rotatable bonds is 7. The lowest BCUT2D eigenvalue weighted by Gasteiger charge is -2.16. The summed E-state index contributed by atoms with van der Waals surface area (Å²) < 4.78 is 4.91. The van der Waals surface area contributed by atoms with Crippen LogP contribution < -0.4 is 10.2 Å². The zero-order chi connectivity index (χ0) is 20.0. The molecule has 1 heterocycles. The Hall–Kier alpha value is -3.27. The van der Waals surface area contributed by atoms with Crippen molar-refractivity contribution in [3.63, 3.8) is 0 Å². The van der Waals surface area contributed by atoms with Gasteiger partial charge in [0, 0.05) is 19.2 Å². The Kier molecular flexibility index (Phi) is 6.61. The molecule has 0 aliphatic rings. The molecule has 0 unspecified atom stereocenters. The number of benzene rings is 1. The van der Waals surface area contributed by atoms with Crippen LogP contribution in [0.15, 0.2) is 30.3 Å². The molecule has 1 amide bonds. The highest BCUT2D eigenvalue weighted by molar-refractivity contribution is 6.29. The van der Waals surface area contributed by atoms with Crippen LogP contribution in [0, 0.1) is 17.0 Å². The highest BCUT2D eigenvalue weighted by Gasteiger charge is 2.14. The zero-order valence-corrected chi connectivity index (χ0v) is 15.3. The van der Waals surface area contributed by atoms with Gasteiger partial charge in [-0.1, -0.05) is 17.7 Å². The van der Waals surface area contributed by atoms with Gasteiger partial charge < -0.3 is 15.0 Å². The number of nitro benzene ring substituents is 1. The molecular weight excluding hydrogens is 378 g/mol. The van der Waals surface area contributed by atoms with Crippen molar-refractivity contribution in [3.05, 3.63) is 51.2 Å². The Morgan fingerprint density at radius 1 is 1.30 bits per heavy atom. The highest BCUT2D eigenvalue weighted by atomic mass is 35.5. The largest absolute Gasteiger partial charge is 0.454 e. The standard InChI is InChI=1S/C16H16ClN5O5/c1-10-3-4-11(22(25)26)7-12(10)18-15(23)9-27-16(24)8-21(2)14-6-5-13(17)19-20-14/h3-7H,8-9H2,1-2H3,(H,18,23). The maximum absolute atomic E-state index is 11.9. The van der Waals surface area contributed by atoms with Crippen LogP contribution >= 0.6 is 11.6 Å². The SMILES string of the molecule is Cc1ccc([N+](=O)[O-])cc1NC(=O)COC(=O)CN(C)c1ccc(Cl)nn1. The van der Waals surface area contributed by atoms with E-state index in [1.807, 2.05) is 0 Å². The second kappa shape index (κ2) is 8.90. The molecular formula is C16H16ClN5O5. The van der Waals surface area contributed by atoms with Crippen LogP contribution in [0.1, 0.15) is 5.56 Å². The maximum Gasteiger partial charge on any atom is 0.326 e. The fraction of sp³-hybridized carbons (Fsp3) is 0.250. The first kappa shape index (κ1) is 20.0. The quantitative estimate of drug-likeness (QED) is 0.429. The number of halogens is 1. The Morgan fingerprint density at radius 3 is 2.67 bits per heavy atom. The Balaban J connectivity index is 1.86. The molecule has 1 N–H and O–H groups in total. The Labute approximate surface area is 159 Å². The van der Waals surface area contributed by atoms with Crippen molar-refractivity contribution in [2.45, 2.75) is 6.92 Å². The van der Waals surface area contributed by atoms with E-state index in [9.17, 15) is 19.7 Å². The second-order valence-electron chi connectivity index (χ2n) is 5.54. The molecule has 2 aromatic rings. The van der Waals surface area contributed by atoms with Crippen molar-refractivity contribution in [2.75, 3.05) is 30.4 Å². The van der Waals surface area contributed by atoms with Crippen molar-refractivity contribution in [1.29, 1.82) is 0 Å². The number of nitrogens with one attached hydrogen (secondary N) is 1. The summed E-state index contributed by atoms with van der Waals surface area (Å²) in [5, 5.41) is 21.0. The number of anilines is 2. The van der Waals surface area contributed by atoms with E-state index in [2.05, 4.69) is 15.5 Å². The van der Waals surface area contributed by atoms with Crippen LogP contribution in [0.5, 0.6) is 0 Å². The summed E-state index contributed by atoms with van der Waals surface area (Å²) >= 11 is 5.65. The number of nitrogens with zero attached hydrogens (tertiary/aromatic N) is 4. The molecule has 0 atom stereocenters. The van der Waals surface area contributed by atoms with Gasteiger partial charge in [0.05, 0.1) is 10.6 Å². The molecule has 0 saturated heterocycles. The fourth-order valence-corrected chi connectivity index (χ4v) is 2.12. The van der Waals surface area contributed by atoms with Gasteiger partial charge in [0.25, 0.3) is 11.6 Å². The van der Waals surface area contributed by atoms with E-state index in [0.29, 0.717) is 11.4 Å². The number of carbonyl (C=O) groups excluding carboxylic acids is 2. The summed E-state index contributed by atoms with van der Waals surface area (Å²) in [6.07, 6.45) is 0. The summed E-state index contributed by atoms with van der Waals surface area (Å²) in [6, 6.07) is 7.20. The number of carbonyl (C=O) groups is 2. The Bertz CT molecular complexity index is 859. The molecule has 10 nitrogen and oxygen atoms in total. The van der Waals surface area contributed by atoms with E-state index in [1.54, 1.807) is 20.0 Å². The normalized spacial score (nSPS) is 10.2. The van der Waals surface area contributed by atoms with Crippen molar-refractivity contribution >= 4 is 40.7 Å². The predicted octanol–water partition coefficient (Wildman–Crippen LogP) is 1.96. The molecule has 27 heavy (non-hydrogen) atoms. The van der Waals surface area contributed by atoms with Gasteiger partial charge in [-0.05, 0) is 24.6 Å². The maximum atomic E-state index is 11.9. The first-order chi connectivity index (χ1) is 12.8. The average Bonchev–Trinajstić information content (AvgIpc) is 2.62. The summed E-state index contributed by atoms with van der Waals surface area (Å²) in [5.74, 6) is -0.853. The van der Waals surface area contributed by atoms with E-state index in [0.717, 1.165) is 0 Å². The third kappa shape index (κ3) is 5.89. The molecule has 142 valence electrons. The van der Waals surface area contributed by atoms with E-state index >= 15 is 0 Å². The number of aromatic nitrogens is 2. The predicted molar refractivity (Wildman–Crippen MR) is 97.7 cm³/mol. The van der Waals surface area contributed by atoms with Gasteiger partial charge in [0.1, 0.15) is 6.54 Å².